The smallest absolute Gasteiger partial charge is 0.253 e. The summed E-state index contributed by atoms with van der Waals surface area (Å²) in [5.74, 6) is -0.896. The number of hydrogen-bond donors (Lipinski definition) is 2. The van der Waals surface area contributed by atoms with Crippen LogP contribution in [-0.2, 0) is 14.8 Å². The predicted octanol–water partition coefficient (Wildman–Crippen LogP) is 4.59. The van der Waals surface area contributed by atoms with Gasteiger partial charge in [-0.25, -0.2) is 8.42 Å². The zero-order chi connectivity index (χ0) is 25.8. The number of amides is 2. The Morgan fingerprint density at radius 1 is 0.886 bits per heavy atom. The maximum atomic E-state index is 13.2. The molecule has 3 aromatic rings. The van der Waals surface area contributed by atoms with E-state index in [9.17, 15) is 18.0 Å². The van der Waals surface area contributed by atoms with Crippen molar-refractivity contribution in [3.05, 3.63) is 95.1 Å². The molecule has 3 rings (SSSR count). The fourth-order valence-electron chi connectivity index (χ4n) is 3.86. The molecule has 2 atom stereocenters. The van der Waals surface area contributed by atoms with Gasteiger partial charge >= 0.3 is 0 Å². The lowest BCUT2D eigenvalue weighted by Crippen LogP contribution is -2.46. The topological polar surface area (TPSA) is 95.6 Å². The molecule has 0 saturated heterocycles. The molecule has 2 N–H and O–H groups in total. The van der Waals surface area contributed by atoms with Crippen LogP contribution in [0.25, 0.3) is 0 Å². The lowest BCUT2D eigenvalue weighted by molar-refractivity contribution is -0.116. The van der Waals surface area contributed by atoms with Gasteiger partial charge in [-0.05, 0) is 62.6 Å². The van der Waals surface area contributed by atoms with E-state index in [1.165, 1.54) is 6.92 Å². The van der Waals surface area contributed by atoms with Crippen LogP contribution in [0.15, 0.2) is 72.8 Å². The molecule has 0 unspecified atom stereocenters. The summed E-state index contributed by atoms with van der Waals surface area (Å²) in [6.07, 6.45) is 1.07. The van der Waals surface area contributed by atoms with E-state index in [1.54, 1.807) is 37.3 Å². The van der Waals surface area contributed by atoms with Gasteiger partial charge in [0.25, 0.3) is 5.91 Å². The van der Waals surface area contributed by atoms with Gasteiger partial charge in [0, 0.05) is 0 Å². The average Bonchev–Trinajstić information content (AvgIpc) is 2.81. The molecular formula is C27H31N3O4S. The van der Waals surface area contributed by atoms with Crippen molar-refractivity contribution in [2.24, 2.45) is 0 Å². The highest BCUT2D eigenvalue weighted by molar-refractivity contribution is 7.92. The van der Waals surface area contributed by atoms with Crippen molar-refractivity contribution in [2.45, 2.75) is 39.8 Å². The van der Waals surface area contributed by atoms with Crippen LogP contribution in [0.2, 0.25) is 0 Å². The van der Waals surface area contributed by atoms with Crippen molar-refractivity contribution < 1.29 is 18.0 Å². The van der Waals surface area contributed by atoms with Crippen LogP contribution in [0.5, 0.6) is 0 Å². The Balaban J connectivity index is 1.85. The molecule has 0 aliphatic carbocycles. The fourth-order valence-corrected chi connectivity index (χ4v) is 5.09. The maximum absolute atomic E-state index is 13.2. The van der Waals surface area contributed by atoms with Crippen LogP contribution in [0.3, 0.4) is 0 Å². The van der Waals surface area contributed by atoms with E-state index >= 15 is 0 Å². The first-order valence-electron chi connectivity index (χ1n) is 11.3. The molecule has 3 aromatic carbocycles. The quantitative estimate of drug-likeness (QED) is 0.480. The van der Waals surface area contributed by atoms with E-state index in [0.717, 1.165) is 27.3 Å². The van der Waals surface area contributed by atoms with Gasteiger partial charge in [-0.3, -0.25) is 13.9 Å². The number of nitrogens with one attached hydrogen (secondary N) is 2. The molecule has 0 spiro atoms. The number of sulfonamides is 1. The summed E-state index contributed by atoms with van der Waals surface area (Å²) in [5.41, 5.74) is 3.59. The highest BCUT2D eigenvalue weighted by Gasteiger charge is 2.31. The van der Waals surface area contributed by atoms with Gasteiger partial charge in [-0.1, -0.05) is 54.6 Å². The van der Waals surface area contributed by atoms with Crippen LogP contribution in [0, 0.1) is 13.8 Å². The van der Waals surface area contributed by atoms with Gasteiger partial charge in [-0.15, -0.1) is 0 Å². The normalized spacial score (nSPS) is 12.9. The average molecular weight is 494 g/mol. The number of benzene rings is 3. The molecule has 0 aliphatic rings. The number of rotatable bonds is 8. The fraction of sp³-hybridized carbons (Fsp3) is 0.259. The summed E-state index contributed by atoms with van der Waals surface area (Å²) >= 11 is 0. The lowest BCUT2D eigenvalue weighted by Gasteiger charge is -2.30. The third-order valence-electron chi connectivity index (χ3n) is 5.77. The van der Waals surface area contributed by atoms with E-state index < -0.39 is 22.0 Å². The second-order valence-electron chi connectivity index (χ2n) is 8.67. The van der Waals surface area contributed by atoms with E-state index in [0.29, 0.717) is 11.4 Å². The molecule has 184 valence electrons. The van der Waals surface area contributed by atoms with Crippen molar-refractivity contribution in [1.29, 1.82) is 0 Å². The molecule has 0 radical (unpaired) electrons. The van der Waals surface area contributed by atoms with Gasteiger partial charge in [0.2, 0.25) is 15.9 Å². The molecule has 0 bridgehead atoms. The zero-order valence-corrected chi connectivity index (χ0v) is 21.4. The third-order valence-corrected chi connectivity index (χ3v) is 6.99. The monoisotopic (exact) mass is 493 g/mol. The number of hydrogen-bond acceptors (Lipinski definition) is 4. The van der Waals surface area contributed by atoms with Gasteiger partial charge in [0.1, 0.15) is 6.04 Å². The van der Waals surface area contributed by atoms with Gasteiger partial charge < -0.3 is 10.6 Å². The Bertz CT molecular complexity index is 1320. The van der Waals surface area contributed by atoms with Gasteiger partial charge in [0.05, 0.1) is 29.2 Å². The molecule has 0 aliphatic heterocycles. The summed E-state index contributed by atoms with van der Waals surface area (Å²) in [6, 6.07) is 20.4. The van der Waals surface area contributed by atoms with Gasteiger partial charge in [0.15, 0.2) is 0 Å². The number of aryl methyl sites for hydroxylation is 2. The second kappa shape index (κ2) is 10.7. The lowest BCUT2D eigenvalue weighted by atomic mass is 10.1. The first kappa shape index (κ1) is 26.0. The van der Waals surface area contributed by atoms with Crippen molar-refractivity contribution in [3.63, 3.8) is 0 Å². The Labute approximate surface area is 207 Å². The zero-order valence-electron chi connectivity index (χ0n) is 20.6. The minimum Gasteiger partial charge on any atom is -0.345 e. The molecule has 2 amide bonds. The second-order valence-corrected chi connectivity index (χ2v) is 10.5. The van der Waals surface area contributed by atoms with E-state index in [2.05, 4.69) is 10.6 Å². The minimum absolute atomic E-state index is 0.239. The Morgan fingerprint density at radius 3 is 2.17 bits per heavy atom. The van der Waals surface area contributed by atoms with Crippen molar-refractivity contribution >= 4 is 33.2 Å². The van der Waals surface area contributed by atoms with E-state index in [1.807, 2.05) is 56.3 Å². The molecule has 0 aromatic heterocycles. The summed E-state index contributed by atoms with van der Waals surface area (Å²) in [7, 11) is -3.77. The first-order chi connectivity index (χ1) is 16.5. The number of nitrogens with zero attached hydrogens (tertiary/aromatic N) is 1. The summed E-state index contributed by atoms with van der Waals surface area (Å²) < 4.78 is 26.5. The standard InChI is InChI=1S/C27H31N3O4S/c1-18-15-16-19(2)25(17-18)30(35(5,33)34)21(4)26(31)29-24-14-10-9-13-23(24)27(32)28-20(3)22-11-7-6-8-12-22/h6-17,20-21H,1-5H3,(H,28,32)(H,29,31)/t20-,21+/m0/s1. The summed E-state index contributed by atoms with van der Waals surface area (Å²) in [6.45, 7) is 7.06. The molecule has 0 saturated carbocycles. The maximum Gasteiger partial charge on any atom is 0.253 e. The molecule has 8 heteroatoms. The molecular weight excluding hydrogens is 462 g/mol. The number of carbonyl (C=O) groups is 2. The number of anilines is 2. The molecule has 0 heterocycles. The first-order valence-corrected chi connectivity index (χ1v) is 13.2. The largest absolute Gasteiger partial charge is 0.345 e. The van der Waals surface area contributed by atoms with Crippen LogP contribution >= 0.6 is 0 Å². The third kappa shape index (κ3) is 6.27. The van der Waals surface area contributed by atoms with Crippen LogP contribution in [0.4, 0.5) is 11.4 Å². The summed E-state index contributed by atoms with van der Waals surface area (Å²) in [5, 5.41) is 5.70. The number of carbonyl (C=O) groups excluding carboxylic acids is 2. The predicted molar refractivity (Wildman–Crippen MR) is 140 cm³/mol. The molecule has 0 fully saturated rings. The van der Waals surface area contributed by atoms with Crippen molar-refractivity contribution in [3.8, 4) is 0 Å². The molecule has 35 heavy (non-hydrogen) atoms. The van der Waals surface area contributed by atoms with Crippen molar-refractivity contribution in [2.75, 3.05) is 15.9 Å². The highest BCUT2D eigenvalue weighted by Crippen LogP contribution is 2.27. The Kier molecular flexibility index (Phi) is 7.96. The van der Waals surface area contributed by atoms with E-state index in [-0.39, 0.29) is 17.5 Å². The van der Waals surface area contributed by atoms with Crippen LogP contribution < -0.4 is 14.9 Å². The van der Waals surface area contributed by atoms with Gasteiger partial charge in [-0.2, -0.15) is 0 Å². The van der Waals surface area contributed by atoms with Crippen LogP contribution in [0.1, 0.15) is 46.9 Å². The molecule has 7 nitrogen and oxygen atoms in total. The van der Waals surface area contributed by atoms with Crippen LogP contribution in [-0.4, -0.2) is 32.5 Å². The Morgan fingerprint density at radius 2 is 1.51 bits per heavy atom. The SMILES string of the molecule is Cc1ccc(C)c(N([C@H](C)C(=O)Nc2ccccc2C(=O)N[C@@H](C)c2ccccc2)S(C)(=O)=O)c1. The highest BCUT2D eigenvalue weighted by atomic mass is 32.2. The van der Waals surface area contributed by atoms with E-state index in [4.69, 9.17) is 0 Å². The van der Waals surface area contributed by atoms with Crippen molar-refractivity contribution in [1.82, 2.24) is 5.32 Å². The summed E-state index contributed by atoms with van der Waals surface area (Å²) in [4.78, 5) is 26.3. The Hall–Kier alpha value is -3.65. The number of para-hydroxylation sites is 1. The minimum atomic E-state index is -3.77.